The van der Waals surface area contributed by atoms with Gasteiger partial charge in [-0.1, -0.05) is 114 Å². The summed E-state index contributed by atoms with van der Waals surface area (Å²) in [5.41, 5.74) is 0.589. The van der Waals surface area contributed by atoms with Gasteiger partial charge in [-0.15, -0.1) is 0 Å². The fourth-order valence-corrected chi connectivity index (χ4v) is 11.8. The number of benzene rings is 1. The molecule has 0 radical (unpaired) electrons. The second kappa shape index (κ2) is 32.2. The summed E-state index contributed by atoms with van der Waals surface area (Å²) in [4.78, 5) is 168. The van der Waals surface area contributed by atoms with E-state index in [-0.39, 0.29) is 19.4 Å². The molecular weight excluding hydrogens is 1110 g/mol. The van der Waals surface area contributed by atoms with Gasteiger partial charge in [0.15, 0.2) is 6.10 Å². The molecule has 10 amide bonds. The molecule has 0 aromatic heterocycles. The summed E-state index contributed by atoms with van der Waals surface area (Å²) in [6.45, 7) is 24.6. The molecule has 2 aliphatic heterocycles. The smallest absolute Gasteiger partial charge is 0.329 e. The van der Waals surface area contributed by atoms with Crippen molar-refractivity contribution in [2.75, 3.05) is 61.6 Å². The summed E-state index contributed by atoms with van der Waals surface area (Å²) < 4.78 is 11.2. The molecule has 0 unspecified atom stereocenters. The maximum atomic E-state index is 15.3. The molecule has 1 aromatic rings. The van der Waals surface area contributed by atoms with E-state index in [1.807, 2.05) is 13.8 Å². The quantitative estimate of drug-likeness (QED) is 0.154. The standard InChI is InChI=1S/C61H102N10O13Si/c1-21-38(9)51-53(74)62-33-47(73)67(13)49(36(5)6)54(75)64-43(31-41-26-28-42(83-17)29-27-41)61(82)84-40(11)56(77)71-30-24-23-25-44(71)57(78)68(14)50(37(7)8)55(76)65-48(35(3)4)59(80)66(12)45(32-46(72)63-34-85(18,19)20)58(79)70(16)52(39(10)22-2)60(81)69(51)15/h26-29,35-40,43-45,48-52H,21-25,30-34H2,1-20H3,(H,62,74)(H,63,72)(H,64,75)(H,65,76)/t38-,39-,40+,43-,44-,45-,48-,49-,50-,51-,52-/m0/s1. The molecule has 0 saturated carbocycles. The molecule has 2 aliphatic rings. The number of esters is 1. The summed E-state index contributed by atoms with van der Waals surface area (Å²) in [7, 11) is 6.69. The first-order valence-electron chi connectivity index (χ1n) is 30.2. The number of fused-ring (bicyclic) bond motifs is 1. The van der Waals surface area contributed by atoms with Gasteiger partial charge in [-0.25, -0.2) is 4.79 Å². The second-order valence-electron chi connectivity index (χ2n) is 25.6. The highest BCUT2D eigenvalue weighted by Crippen LogP contribution is 2.27. The van der Waals surface area contributed by atoms with E-state index in [1.165, 1.54) is 73.8 Å². The highest BCUT2D eigenvalue weighted by atomic mass is 28.3. The molecule has 1 aromatic carbocycles. The largest absolute Gasteiger partial charge is 0.497 e. The van der Waals surface area contributed by atoms with Crippen LogP contribution in [0.2, 0.25) is 19.6 Å². The van der Waals surface area contributed by atoms with E-state index in [9.17, 15) is 38.4 Å². The Balaban J connectivity index is 2.31. The molecular formula is C61H102N10O13Si. The fraction of sp³-hybridized carbons (Fsp3) is 0.721. The van der Waals surface area contributed by atoms with Crippen LogP contribution in [0, 0.1) is 29.6 Å². The van der Waals surface area contributed by atoms with Gasteiger partial charge in [0.2, 0.25) is 53.2 Å². The highest BCUT2D eigenvalue weighted by Gasteiger charge is 2.46. The van der Waals surface area contributed by atoms with Crippen LogP contribution < -0.4 is 26.0 Å². The normalized spacial score (nSPS) is 26.0. The van der Waals surface area contributed by atoms with Crippen molar-refractivity contribution >= 4 is 73.1 Å². The van der Waals surface area contributed by atoms with E-state index >= 15 is 14.4 Å². The average Bonchev–Trinajstić information content (AvgIpc) is 2.75. The van der Waals surface area contributed by atoms with Gasteiger partial charge in [-0.05, 0) is 73.5 Å². The first-order valence-corrected chi connectivity index (χ1v) is 33.9. The Labute approximate surface area is 506 Å². The average molecular weight is 1210 g/mol. The number of carbonyl (C=O) groups is 11. The van der Waals surface area contributed by atoms with Gasteiger partial charge in [-0.3, -0.25) is 47.9 Å². The van der Waals surface area contributed by atoms with E-state index in [4.69, 9.17) is 9.47 Å². The molecule has 4 N–H and O–H groups in total. The molecule has 0 spiro atoms. The number of piperidine rings is 1. The van der Waals surface area contributed by atoms with Gasteiger partial charge in [0.05, 0.1) is 28.1 Å². The van der Waals surface area contributed by atoms with Gasteiger partial charge >= 0.3 is 5.97 Å². The Morgan fingerprint density at radius 1 is 0.647 bits per heavy atom. The number of nitrogens with zero attached hydrogens (tertiary/aromatic N) is 6. The molecule has 11 atom stereocenters. The second-order valence-corrected chi connectivity index (χ2v) is 31.1. The molecule has 2 fully saturated rings. The van der Waals surface area contributed by atoms with Crippen LogP contribution in [-0.4, -0.2) is 219 Å². The van der Waals surface area contributed by atoms with Crippen LogP contribution >= 0.6 is 0 Å². The lowest BCUT2D eigenvalue weighted by molar-refractivity contribution is -0.165. The zero-order chi connectivity index (χ0) is 64.7. The van der Waals surface area contributed by atoms with Crippen molar-refractivity contribution in [3.8, 4) is 5.75 Å². The molecule has 85 heavy (non-hydrogen) atoms. The number of hydrogen-bond donors (Lipinski definition) is 4. The van der Waals surface area contributed by atoms with Crippen molar-refractivity contribution in [2.45, 2.75) is 195 Å². The summed E-state index contributed by atoms with van der Waals surface area (Å²) in [6.07, 6.45) is 0.379. The number of cyclic esters (lactones) is 1. The van der Waals surface area contributed by atoms with Gasteiger partial charge < -0.3 is 60.1 Å². The zero-order valence-electron chi connectivity index (χ0n) is 54.5. The van der Waals surface area contributed by atoms with Crippen molar-refractivity contribution in [1.29, 1.82) is 0 Å². The van der Waals surface area contributed by atoms with Crippen molar-refractivity contribution in [3.05, 3.63) is 29.8 Å². The summed E-state index contributed by atoms with van der Waals surface area (Å²) in [5, 5.41) is 11.3. The number of methoxy groups -OCH3 is 1. The Morgan fingerprint density at radius 3 is 1.71 bits per heavy atom. The molecule has 0 aliphatic carbocycles. The van der Waals surface area contributed by atoms with Crippen molar-refractivity contribution in [2.24, 2.45) is 29.6 Å². The summed E-state index contributed by atoms with van der Waals surface area (Å²) in [5.74, 6) is -9.83. The number of rotatable bonds is 14. The van der Waals surface area contributed by atoms with Crippen LogP contribution in [0.5, 0.6) is 5.75 Å². The van der Waals surface area contributed by atoms with Gasteiger partial charge in [0, 0.05) is 54.4 Å². The summed E-state index contributed by atoms with van der Waals surface area (Å²) in [6, 6.07) is -3.34. The predicted molar refractivity (Wildman–Crippen MR) is 326 cm³/mol. The Morgan fingerprint density at radius 2 is 1.18 bits per heavy atom. The van der Waals surface area contributed by atoms with Crippen LogP contribution in [0.1, 0.15) is 120 Å². The minimum Gasteiger partial charge on any atom is -0.497 e. The topological polar surface area (TPSA) is 274 Å². The van der Waals surface area contributed by atoms with Gasteiger partial charge in [0.1, 0.15) is 54.1 Å². The van der Waals surface area contributed by atoms with E-state index < -0.39 is 170 Å². The first kappa shape index (κ1) is 72.7. The van der Waals surface area contributed by atoms with E-state index in [0.29, 0.717) is 43.2 Å². The first-order chi connectivity index (χ1) is 39.6. The predicted octanol–water partition coefficient (Wildman–Crippen LogP) is 3.23. The van der Waals surface area contributed by atoms with Crippen molar-refractivity contribution < 1.29 is 62.2 Å². The maximum absolute atomic E-state index is 15.3. The summed E-state index contributed by atoms with van der Waals surface area (Å²) >= 11 is 0. The lowest BCUT2D eigenvalue weighted by Crippen LogP contribution is -2.63. The van der Waals surface area contributed by atoms with Crippen LogP contribution in [-0.2, 0) is 63.9 Å². The minimum absolute atomic E-state index is 0.108. The molecule has 2 heterocycles. The van der Waals surface area contributed by atoms with Crippen LogP contribution in [0.25, 0.3) is 0 Å². The van der Waals surface area contributed by atoms with Crippen molar-refractivity contribution in [3.63, 3.8) is 0 Å². The third-order valence-corrected chi connectivity index (χ3v) is 17.9. The Kier molecular flexibility index (Phi) is 27.6. The van der Waals surface area contributed by atoms with Crippen LogP contribution in [0.4, 0.5) is 0 Å². The third-order valence-electron chi connectivity index (χ3n) is 16.6. The molecule has 478 valence electrons. The molecule has 3 rings (SSSR count). The number of ether oxygens (including phenoxy) is 2. The van der Waals surface area contributed by atoms with Crippen LogP contribution in [0.3, 0.4) is 0 Å². The molecule has 23 nitrogen and oxygen atoms in total. The maximum Gasteiger partial charge on any atom is 0.329 e. The Hall–Kier alpha value is -6.59. The van der Waals surface area contributed by atoms with Gasteiger partial charge in [-0.2, -0.15) is 0 Å². The number of amides is 10. The lowest BCUT2D eigenvalue weighted by Gasteiger charge is -2.41. The van der Waals surface area contributed by atoms with E-state index in [2.05, 4.69) is 40.9 Å². The fourth-order valence-electron chi connectivity index (χ4n) is 11.1. The molecule has 0 bridgehead atoms. The van der Waals surface area contributed by atoms with E-state index in [1.54, 1.807) is 79.7 Å². The SMILES string of the molecule is CC[C@H](C)[C@H]1C(=O)NCC(=O)N(C)[C@@H](C(C)C)C(=O)N[C@@H](Cc2ccc(OC)cc2)C(=O)O[C@H](C)C(=O)N2CCCC[C@H]2C(=O)N(C)[C@@H](C(C)C)C(=O)N[C@@H](C(C)C)C(=O)N(C)[C@@H](CC(=O)NC[Si](C)(C)C)C(=O)N(C)[C@@H]([C@@H](C)CC)C(=O)N1C. The highest BCUT2D eigenvalue weighted by molar-refractivity contribution is 6.76. The minimum atomic E-state index is -1.88. The Bertz CT molecular complexity index is 2520. The number of carbonyl (C=O) groups excluding carboxylic acids is 11. The monoisotopic (exact) mass is 1210 g/mol. The lowest BCUT2D eigenvalue weighted by atomic mass is 9.92. The van der Waals surface area contributed by atoms with Gasteiger partial charge in [0.25, 0.3) is 5.91 Å². The van der Waals surface area contributed by atoms with E-state index in [0.717, 1.165) is 4.90 Å². The number of nitrogens with one attached hydrogen (secondary N) is 4. The third kappa shape index (κ3) is 19.2. The molecule has 2 saturated heterocycles. The zero-order valence-corrected chi connectivity index (χ0v) is 55.5. The van der Waals surface area contributed by atoms with Crippen molar-refractivity contribution in [1.82, 2.24) is 50.7 Å². The molecule has 24 heteroatoms. The number of likely N-dealkylation sites (N-methyl/N-ethyl adjacent to an activating group) is 5. The van der Waals surface area contributed by atoms with Crippen LogP contribution in [0.15, 0.2) is 24.3 Å². The number of hydrogen-bond acceptors (Lipinski definition) is 13.